The standard InChI is InChI=1S/C11H13NO/c1-8-6-5-7-10(9(2)13-4)11(8)12-3/h5-7H,2-3H2,1,4H3. The maximum absolute atomic E-state index is 5.05. The van der Waals surface area contributed by atoms with Crippen LogP contribution < -0.4 is 0 Å². The van der Waals surface area contributed by atoms with E-state index in [1.807, 2.05) is 25.1 Å². The summed E-state index contributed by atoms with van der Waals surface area (Å²) in [5.74, 6) is 0.617. The Morgan fingerprint density at radius 2 is 2.15 bits per heavy atom. The number of aliphatic imine (C=N–C) groups is 1. The quantitative estimate of drug-likeness (QED) is 0.511. The van der Waals surface area contributed by atoms with Gasteiger partial charge in [0, 0.05) is 5.56 Å². The van der Waals surface area contributed by atoms with E-state index in [0.29, 0.717) is 5.76 Å². The van der Waals surface area contributed by atoms with E-state index in [1.54, 1.807) is 7.11 Å². The van der Waals surface area contributed by atoms with E-state index in [4.69, 9.17) is 4.74 Å². The van der Waals surface area contributed by atoms with Crippen molar-refractivity contribution in [2.45, 2.75) is 6.92 Å². The molecule has 2 nitrogen and oxygen atoms in total. The molecule has 1 rings (SSSR count). The van der Waals surface area contributed by atoms with Gasteiger partial charge in [0.15, 0.2) is 0 Å². The first-order valence-corrected chi connectivity index (χ1v) is 4.00. The molecule has 2 heteroatoms. The summed E-state index contributed by atoms with van der Waals surface area (Å²) < 4.78 is 5.05. The van der Waals surface area contributed by atoms with E-state index in [1.165, 1.54) is 0 Å². The Bertz CT molecular complexity index is 342. The summed E-state index contributed by atoms with van der Waals surface area (Å²) in [6.07, 6.45) is 0. The van der Waals surface area contributed by atoms with Crippen molar-refractivity contribution in [2.24, 2.45) is 4.99 Å². The summed E-state index contributed by atoms with van der Waals surface area (Å²) in [6.45, 7) is 9.29. The number of hydrogen-bond acceptors (Lipinski definition) is 2. The molecular formula is C11H13NO. The van der Waals surface area contributed by atoms with Crippen molar-refractivity contribution in [1.82, 2.24) is 0 Å². The van der Waals surface area contributed by atoms with E-state index < -0.39 is 0 Å². The molecule has 0 radical (unpaired) electrons. The molecule has 0 aliphatic carbocycles. The highest BCUT2D eigenvalue weighted by atomic mass is 16.5. The average Bonchev–Trinajstić information content (AvgIpc) is 2.16. The Hall–Kier alpha value is -1.57. The summed E-state index contributed by atoms with van der Waals surface area (Å²) in [5.41, 5.74) is 2.82. The number of rotatable bonds is 3. The van der Waals surface area contributed by atoms with Crippen LogP contribution in [0.2, 0.25) is 0 Å². The Morgan fingerprint density at radius 3 is 2.69 bits per heavy atom. The summed E-state index contributed by atoms with van der Waals surface area (Å²) in [5, 5.41) is 0. The van der Waals surface area contributed by atoms with Crippen molar-refractivity contribution in [3.05, 3.63) is 35.9 Å². The normalized spacial score (nSPS) is 9.38. The molecule has 0 atom stereocenters. The first kappa shape index (κ1) is 9.52. The third-order valence-corrected chi connectivity index (χ3v) is 1.94. The van der Waals surface area contributed by atoms with Crippen LogP contribution in [0.4, 0.5) is 5.69 Å². The average molecular weight is 175 g/mol. The zero-order valence-corrected chi connectivity index (χ0v) is 8.00. The lowest BCUT2D eigenvalue weighted by atomic mass is 10.1. The van der Waals surface area contributed by atoms with Crippen LogP contribution in [0, 0.1) is 6.92 Å². The molecule has 68 valence electrons. The van der Waals surface area contributed by atoms with E-state index in [-0.39, 0.29) is 0 Å². The summed E-state index contributed by atoms with van der Waals surface area (Å²) in [4.78, 5) is 3.95. The van der Waals surface area contributed by atoms with Crippen LogP contribution in [-0.4, -0.2) is 13.8 Å². The minimum Gasteiger partial charge on any atom is -0.497 e. The molecule has 0 aliphatic heterocycles. The lowest BCUT2D eigenvalue weighted by Gasteiger charge is -2.09. The smallest absolute Gasteiger partial charge is 0.121 e. The molecule has 0 saturated carbocycles. The molecule has 0 unspecified atom stereocenters. The maximum Gasteiger partial charge on any atom is 0.121 e. The Kier molecular flexibility index (Phi) is 2.85. The summed E-state index contributed by atoms with van der Waals surface area (Å²) in [7, 11) is 1.59. The molecule has 0 bridgehead atoms. The lowest BCUT2D eigenvalue weighted by molar-refractivity contribution is 0.371. The summed E-state index contributed by atoms with van der Waals surface area (Å²) >= 11 is 0. The molecule has 0 spiro atoms. The summed E-state index contributed by atoms with van der Waals surface area (Å²) in [6, 6.07) is 5.85. The zero-order valence-electron chi connectivity index (χ0n) is 8.00. The van der Waals surface area contributed by atoms with Gasteiger partial charge in [-0.1, -0.05) is 18.7 Å². The van der Waals surface area contributed by atoms with Crippen molar-refractivity contribution in [3.8, 4) is 0 Å². The highest BCUT2D eigenvalue weighted by molar-refractivity contribution is 5.72. The molecule has 0 amide bonds. The number of methoxy groups -OCH3 is 1. The fourth-order valence-electron chi connectivity index (χ4n) is 1.20. The van der Waals surface area contributed by atoms with Gasteiger partial charge in [-0.25, -0.2) is 0 Å². The van der Waals surface area contributed by atoms with Crippen molar-refractivity contribution in [3.63, 3.8) is 0 Å². The number of benzene rings is 1. The first-order chi connectivity index (χ1) is 6.20. The number of ether oxygens (including phenoxy) is 1. The van der Waals surface area contributed by atoms with Gasteiger partial charge in [-0.3, -0.25) is 4.99 Å². The van der Waals surface area contributed by atoms with E-state index in [9.17, 15) is 0 Å². The molecule has 1 aromatic carbocycles. The van der Waals surface area contributed by atoms with Crippen LogP contribution in [0.25, 0.3) is 5.76 Å². The highest BCUT2D eigenvalue weighted by Crippen LogP contribution is 2.28. The van der Waals surface area contributed by atoms with Crippen LogP contribution >= 0.6 is 0 Å². The van der Waals surface area contributed by atoms with Crippen molar-refractivity contribution in [2.75, 3.05) is 7.11 Å². The predicted octanol–water partition coefficient (Wildman–Crippen LogP) is 2.94. The van der Waals surface area contributed by atoms with Gasteiger partial charge in [-0.05, 0) is 25.3 Å². The van der Waals surface area contributed by atoms with Crippen LogP contribution in [0.1, 0.15) is 11.1 Å². The third kappa shape index (κ3) is 1.78. The molecule has 0 aromatic heterocycles. The Labute approximate surface area is 78.6 Å². The largest absolute Gasteiger partial charge is 0.497 e. The van der Waals surface area contributed by atoms with Crippen LogP contribution in [0.5, 0.6) is 0 Å². The minimum absolute atomic E-state index is 0.617. The number of aryl methyl sites for hydroxylation is 1. The SMILES string of the molecule is C=Nc1c(C)cccc1C(=C)OC. The van der Waals surface area contributed by atoms with Gasteiger partial charge in [0.05, 0.1) is 12.8 Å². The molecule has 0 aliphatic rings. The van der Waals surface area contributed by atoms with Crippen molar-refractivity contribution in [1.29, 1.82) is 0 Å². The van der Waals surface area contributed by atoms with Gasteiger partial charge in [-0.15, -0.1) is 0 Å². The molecular weight excluding hydrogens is 162 g/mol. The van der Waals surface area contributed by atoms with Crippen molar-refractivity contribution >= 4 is 18.2 Å². The lowest BCUT2D eigenvalue weighted by Crippen LogP contribution is -1.87. The number of nitrogens with zero attached hydrogens (tertiary/aromatic N) is 1. The second kappa shape index (κ2) is 3.90. The van der Waals surface area contributed by atoms with Gasteiger partial charge >= 0.3 is 0 Å². The van der Waals surface area contributed by atoms with E-state index in [2.05, 4.69) is 18.3 Å². The Balaban J connectivity index is 3.28. The van der Waals surface area contributed by atoms with Gasteiger partial charge in [0.25, 0.3) is 0 Å². The van der Waals surface area contributed by atoms with E-state index in [0.717, 1.165) is 16.8 Å². The fraction of sp³-hybridized carbons (Fsp3) is 0.182. The molecule has 0 heterocycles. The van der Waals surface area contributed by atoms with E-state index >= 15 is 0 Å². The second-order valence-corrected chi connectivity index (χ2v) is 2.76. The highest BCUT2D eigenvalue weighted by Gasteiger charge is 2.06. The van der Waals surface area contributed by atoms with Gasteiger partial charge in [0.2, 0.25) is 0 Å². The maximum atomic E-state index is 5.05. The third-order valence-electron chi connectivity index (χ3n) is 1.94. The van der Waals surface area contributed by atoms with Crippen LogP contribution in [0.15, 0.2) is 29.8 Å². The van der Waals surface area contributed by atoms with Gasteiger partial charge < -0.3 is 4.74 Å². The molecule has 0 saturated heterocycles. The first-order valence-electron chi connectivity index (χ1n) is 4.00. The monoisotopic (exact) mass is 175 g/mol. The van der Waals surface area contributed by atoms with Gasteiger partial charge in [0.1, 0.15) is 5.76 Å². The number of para-hydroxylation sites is 1. The predicted molar refractivity (Wildman–Crippen MR) is 56.4 cm³/mol. The minimum atomic E-state index is 0.617. The Morgan fingerprint density at radius 1 is 1.46 bits per heavy atom. The molecule has 1 aromatic rings. The zero-order chi connectivity index (χ0) is 9.84. The fourth-order valence-corrected chi connectivity index (χ4v) is 1.20. The molecule has 0 N–H and O–H groups in total. The molecule has 0 fully saturated rings. The molecule has 13 heavy (non-hydrogen) atoms. The van der Waals surface area contributed by atoms with Crippen LogP contribution in [-0.2, 0) is 4.74 Å². The second-order valence-electron chi connectivity index (χ2n) is 2.76. The topological polar surface area (TPSA) is 21.6 Å². The van der Waals surface area contributed by atoms with Crippen molar-refractivity contribution < 1.29 is 4.74 Å². The van der Waals surface area contributed by atoms with Gasteiger partial charge in [-0.2, -0.15) is 0 Å². The van der Waals surface area contributed by atoms with Crippen LogP contribution in [0.3, 0.4) is 0 Å². The number of hydrogen-bond donors (Lipinski definition) is 0.